The summed E-state index contributed by atoms with van der Waals surface area (Å²) < 4.78 is 6.62. The summed E-state index contributed by atoms with van der Waals surface area (Å²) in [6, 6.07) is 12.0. The molecule has 2 aromatic heterocycles. The second-order valence-corrected chi connectivity index (χ2v) is 9.65. The average molecular weight is 481 g/mol. The minimum absolute atomic E-state index is 0.0700. The Bertz CT molecular complexity index is 1120. The highest BCUT2D eigenvalue weighted by Crippen LogP contribution is 2.28. The molecule has 1 aliphatic rings. The van der Waals surface area contributed by atoms with Crippen molar-refractivity contribution in [2.24, 2.45) is 0 Å². The van der Waals surface area contributed by atoms with Crippen molar-refractivity contribution in [3.8, 4) is 5.69 Å². The molecule has 1 atom stereocenters. The molecule has 1 amide bonds. The molecule has 0 saturated carbocycles. The monoisotopic (exact) mass is 480 g/mol. The van der Waals surface area contributed by atoms with Crippen LogP contribution in [0.4, 0.5) is 0 Å². The van der Waals surface area contributed by atoms with E-state index in [-0.39, 0.29) is 17.9 Å². The zero-order chi connectivity index (χ0) is 24.1. The lowest BCUT2D eigenvalue weighted by Crippen LogP contribution is -2.36. The number of carbonyl (C=O) groups is 2. The molecule has 1 aliphatic heterocycles. The van der Waals surface area contributed by atoms with Gasteiger partial charge in [-0.3, -0.25) is 14.5 Å². The van der Waals surface area contributed by atoms with Gasteiger partial charge >= 0.3 is 5.97 Å². The maximum Gasteiger partial charge on any atom is 0.305 e. The molecule has 0 bridgehead atoms. The Balaban J connectivity index is 1.42. The predicted octanol–water partition coefficient (Wildman–Crippen LogP) is 4.22. The number of hydrogen-bond acceptors (Lipinski definition) is 6. The van der Waals surface area contributed by atoms with Gasteiger partial charge < -0.3 is 10.1 Å². The molecule has 180 valence electrons. The van der Waals surface area contributed by atoms with Gasteiger partial charge in [0, 0.05) is 29.1 Å². The van der Waals surface area contributed by atoms with Gasteiger partial charge in [-0.15, -0.1) is 11.3 Å². The van der Waals surface area contributed by atoms with Gasteiger partial charge in [0.1, 0.15) is 0 Å². The standard InChI is InChI=1S/C26H32N4O3S/c1-18-22(12-13-25(31)33-3)19(2)30(28-18)21-10-8-20(9-11-21)26(32)27-17-23(24-7-6-16-34-24)29-14-4-5-15-29/h6-11,16,23H,4-5,12-15,17H2,1-3H3,(H,27,32). The summed E-state index contributed by atoms with van der Waals surface area (Å²) in [7, 11) is 1.40. The summed E-state index contributed by atoms with van der Waals surface area (Å²) >= 11 is 1.75. The largest absolute Gasteiger partial charge is 0.469 e. The number of nitrogens with zero attached hydrogens (tertiary/aromatic N) is 3. The molecular formula is C26H32N4O3S. The van der Waals surface area contributed by atoms with Crippen molar-refractivity contribution in [1.29, 1.82) is 0 Å². The number of likely N-dealkylation sites (tertiary alicyclic amines) is 1. The maximum atomic E-state index is 12.9. The number of benzene rings is 1. The fourth-order valence-electron chi connectivity index (χ4n) is 4.61. The number of rotatable bonds is 9. The number of hydrogen-bond donors (Lipinski definition) is 1. The molecule has 4 rings (SSSR count). The molecule has 1 saturated heterocycles. The Morgan fingerprint density at radius 2 is 1.88 bits per heavy atom. The lowest BCUT2D eigenvalue weighted by atomic mass is 10.1. The van der Waals surface area contributed by atoms with Gasteiger partial charge in [0.15, 0.2) is 0 Å². The number of amides is 1. The van der Waals surface area contributed by atoms with Gasteiger partial charge in [-0.05, 0) is 87.5 Å². The second kappa shape index (κ2) is 11.0. The van der Waals surface area contributed by atoms with Crippen molar-refractivity contribution >= 4 is 23.2 Å². The van der Waals surface area contributed by atoms with Gasteiger partial charge in [-0.2, -0.15) is 5.10 Å². The van der Waals surface area contributed by atoms with E-state index in [9.17, 15) is 9.59 Å². The Labute approximate surface area is 204 Å². The van der Waals surface area contributed by atoms with E-state index in [0.29, 0.717) is 24.9 Å². The second-order valence-electron chi connectivity index (χ2n) is 8.67. The minimum Gasteiger partial charge on any atom is -0.469 e. The fourth-order valence-corrected chi connectivity index (χ4v) is 5.47. The summed E-state index contributed by atoms with van der Waals surface area (Å²) in [6.07, 6.45) is 3.35. The van der Waals surface area contributed by atoms with E-state index in [1.165, 1.54) is 24.8 Å². The van der Waals surface area contributed by atoms with E-state index in [1.807, 2.05) is 42.8 Å². The summed E-state index contributed by atoms with van der Waals surface area (Å²) in [5, 5.41) is 9.89. The number of methoxy groups -OCH3 is 1. The van der Waals surface area contributed by atoms with Crippen LogP contribution in [0.5, 0.6) is 0 Å². The molecule has 1 aromatic carbocycles. The molecular weight excluding hydrogens is 448 g/mol. The average Bonchev–Trinajstić information content (AvgIpc) is 3.61. The summed E-state index contributed by atoms with van der Waals surface area (Å²) in [6.45, 7) is 6.70. The normalized spacial score (nSPS) is 14.8. The molecule has 1 fully saturated rings. The molecule has 1 unspecified atom stereocenters. The van der Waals surface area contributed by atoms with Gasteiger partial charge in [-0.25, -0.2) is 4.68 Å². The van der Waals surface area contributed by atoms with Gasteiger partial charge in [-0.1, -0.05) is 6.07 Å². The first-order valence-electron chi connectivity index (χ1n) is 11.8. The lowest BCUT2D eigenvalue weighted by Gasteiger charge is -2.27. The van der Waals surface area contributed by atoms with E-state index in [2.05, 4.69) is 32.8 Å². The van der Waals surface area contributed by atoms with Gasteiger partial charge in [0.2, 0.25) is 0 Å². The van der Waals surface area contributed by atoms with Crippen molar-refractivity contribution in [2.45, 2.75) is 45.6 Å². The molecule has 7 nitrogen and oxygen atoms in total. The molecule has 3 aromatic rings. The summed E-state index contributed by atoms with van der Waals surface area (Å²) in [4.78, 5) is 28.2. The summed E-state index contributed by atoms with van der Waals surface area (Å²) in [5.41, 5.74) is 4.44. The summed E-state index contributed by atoms with van der Waals surface area (Å²) in [5.74, 6) is -0.299. The topological polar surface area (TPSA) is 76.5 Å². The molecule has 3 heterocycles. The van der Waals surface area contributed by atoms with Crippen LogP contribution in [0.25, 0.3) is 5.69 Å². The molecule has 0 spiro atoms. The first-order valence-corrected chi connectivity index (χ1v) is 12.6. The van der Waals surface area contributed by atoms with Gasteiger partial charge in [0.05, 0.1) is 24.5 Å². The van der Waals surface area contributed by atoms with E-state index < -0.39 is 0 Å². The van der Waals surface area contributed by atoms with E-state index >= 15 is 0 Å². The number of ether oxygens (including phenoxy) is 1. The number of aromatic nitrogens is 2. The first-order chi connectivity index (χ1) is 16.5. The van der Waals surface area contributed by atoms with Crippen molar-refractivity contribution < 1.29 is 14.3 Å². The Hall–Kier alpha value is -2.97. The quantitative estimate of drug-likeness (QED) is 0.464. The molecule has 1 N–H and O–H groups in total. The highest BCUT2D eigenvalue weighted by Gasteiger charge is 2.25. The van der Waals surface area contributed by atoms with Crippen LogP contribution in [0.1, 0.15) is 57.5 Å². The predicted molar refractivity (Wildman–Crippen MR) is 134 cm³/mol. The highest BCUT2D eigenvalue weighted by atomic mass is 32.1. The van der Waals surface area contributed by atoms with Crippen LogP contribution < -0.4 is 5.32 Å². The van der Waals surface area contributed by atoms with Crippen molar-refractivity contribution in [3.63, 3.8) is 0 Å². The van der Waals surface area contributed by atoms with E-state index in [1.54, 1.807) is 11.3 Å². The van der Waals surface area contributed by atoms with E-state index in [4.69, 9.17) is 4.74 Å². The molecule has 0 aliphatic carbocycles. The first kappa shape index (κ1) is 24.2. The zero-order valence-corrected chi connectivity index (χ0v) is 20.9. The number of thiophene rings is 1. The highest BCUT2D eigenvalue weighted by molar-refractivity contribution is 7.10. The number of esters is 1. The third-order valence-electron chi connectivity index (χ3n) is 6.53. The van der Waals surface area contributed by atoms with Crippen molar-refractivity contribution in [2.75, 3.05) is 26.7 Å². The number of aryl methyl sites for hydroxylation is 1. The van der Waals surface area contributed by atoms with E-state index in [0.717, 1.165) is 35.7 Å². The van der Waals surface area contributed by atoms with Gasteiger partial charge in [0.25, 0.3) is 5.91 Å². The number of carbonyl (C=O) groups excluding carboxylic acids is 2. The van der Waals surface area contributed by atoms with Crippen LogP contribution in [0.2, 0.25) is 0 Å². The Morgan fingerprint density at radius 1 is 1.15 bits per heavy atom. The molecule has 8 heteroatoms. The van der Waals surface area contributed by atoms with Crippen LogP contribution in [0.3, 0.4) is 0 Å². The Kier molecular flexibility index (Phi) is 7.80. The van der Waals surface area contributed by atoms with Crippen LogP contribution in [-0.2, 0) is 16.0 Å². The van der Waals surface area contributed by atoms with Crippen LogP contribution in [-0.4, -0.2) is 53.3 Å². The minimum atomic E-state index is -0.229. The fraction of sp³-hybridized carbons (Fsp3) is 0.423. The number of nitrogens with one attached hydrogen (secondary N) is 1. The van der Waals surface area contributed by atoms with Crippen molar-refractivity contribution in [3.05, 3.63) is 69.2 Å². The third kappa shape index (κ3) is 5.39. The molecule has 34 heavy (non-hydrogen) atoms. The molecule has 0 radical (unpaired) electrons. The maximum absolute atomic E-state index is 12.9. The SMILES string of the molecule is COC(=O)CCc1c(C)nn(-c2ccc(C(=O)NCC(c3cccs3)N3CCCC3)cc2)c1C. The lowest BCUT2D eigenvalue weighted by molar-refractivity contribution is -0.140. The van der Waals surface area contributed by atoms with Crippen LogP contribution in [0, 0.1) is 13.8 Å². The smallest absolute Gasteiger partial charge is 0.305 e. The van der Waals surface area contributed by atoms with Crippen LogP contribution in [0.15, 0.2) is 41.8 Å². The van der Waals surface area contributed by atoms with Crippen LogP contribution >= 0.6 is 11.3 Å². The third-order valence-corrected chi connectivity index (χ3v) is 7.50. The zero-order valence-electron chi connectivity index (χ0n) is 20.0. The van der Waals surface area contributed by atoms with Crippen molar-refractivity contribution in [1.82, 2.24) is 20.0 Å². The Morgan fingerprint density at radius 3 is 2.53 bits per heavy atom.